The van der Waals surface area contributed by atoms with Gasteiger partial charge in [-0.15, -0.1) is 0 Å². The molecule has 17 heteroatoms. The van der Waals surface area contributed by atoms with Crippen molar-refractivity contribution in [3.63, 3.8) is 0 Å². The van der Waals surface area contributed by atoms with Crippen LogP contribution in [0.2, 0.25) is 0 Å². The van der Waals surface area contributed by atoms with Gasteiger partial charge < -0.3 is 47.2 Å². The number of hydrogen-bond donors (Lipinski definition) is 9. The molecule has 2 rings (SSSR count). The van der Waals surface area contributed by atoms with Crippen molar-refractivity contribution in [2.75, 3.05) is 0 Å². The van der Waals surface area contributed by atoms with Crippen LogP contribution in [-0.2, 0) is 44.8 Å². The van der Waals surface area contributed by atoms with Crippen molar-refractivity contribution in [1.29, 1.82) is 0 Å². The zero-order valence-corrected chi connectivity index (χ0v) is 26.4. The lowest BCUT2D eigenvalue weighted by Crippen LogP contribution is -2.63. The molecule has 1 aliphatic heterocycles. The van der Waals surface area contributed by atoms with E-state index in [-0.39, 0.29) is 18.8 Å². The Morgan fingerprint density at radius 3 is 1.60 bits per heavy atom. The molecule has 258 valence electrons. The molecule has 0 aromatic heterocycles. The second-order valence-electron chi connectivity index (χ2n) is 11.7. The molecular weight excluding hydrogens is 620 g/mol. The average Bonchev–Trinajstić information content (AvgIpc) is 2.97. The first-order valence-electron chi connectivity index (χ1n) is 15.0. The lowest BCUT2D eigenvalue weighted by atomic mass is 10.0. The summed E-state index contributed by atoms with van der Waals surface area (Å²) in [5.74, 6) is -9.27. The van der Waals surface area contributed by atoms with Crippen molar-refractivity contribution in [2.45, 2.75) is 95.7 Å². The van der Waals surface area contributed by atoms with Crippen molar-refractivity contribution in [3.8, 4) is 0 Å². The normalized spacial score (nSPS) is 25.9. The third-order valence-corrected chi connectivity index (χ3v) is 7.09. The largest absolute Gasteiger partial charge is 0.481 e. The summed E-state index contributed by atoms with van der Waals surface area (Å²) in [6.45, 7) is 5.92. The topological polar surface area (TPSA) is 269 Å². The van der Waals surface area contributed by atoms with Gasteiger partial charge in [-0.2, -0.15) is 0 Å². The molecule has 47 heavy (non-hydrogen) atoms. The first kappa shape index (κ1) is 38.1. The molecule has 0 aliphatic carbocycles. The maximum Gasteiger partial charge on any atom is 0.305 e. The van der Waals surface area contributed by atoms with Gasteiger partial charge in [-0.25, -0.2) is 0 Å². The molecule has 1 fully saturated rings. The predicted molar refractivity (Wildman–Crippen MR) is 163 cm³/mol. The third-order valence-electron chi connectivity index (χ3n) is 7.09. The lowest BCUT2D eigenvalue weighted by molar-refractivity contribution is -0.142. The maximum atomic E-state index is 13.4. The minimum atomic E-state index is -1.84. The van der Waals surface area contributed by atoms with E-state index in [2.05, 4.69) is 31.9 Å². The van der Waals surface area contributed by atoms with Crippen molar-refractivity contribution in [3.05, 3.63) is 35.9 Å². The fourth-order valence-corrected chi connectivity index (χ4v) is 4.67. The van der Waals surface area contributed by atoms with Gasteiger partial charge in [0.05, 0.1) is 18.9 Å². The molecule has 7 atom stereocenters. The molecule has 1 aliphatic rings. The first-order chi connectivity index (χ1) is 22.0. The first-order valence-corrected chi connectivity index (χ1v) is 15.0. The van der Waals surface area contributed by atoms with E-state index in [4.69, 9.17) is 0 Å². The van der Waals surface area contributed by atoms with Crippen LogP contribution in [0, 0.1) is 5.92 Å². The number of aliphatic hydroxyl groups excluding tert-OH is 1. The van der Waals surface area contributed by atoms with Crippen LogP contribution in [0.15, 0.2) is 30.3 Å². The summed E-state index contributed by atoms with van der Waals surface area (Å²) in [4.78, 5) is 103. The van der Waals surface area contributed by atoms with E-state index in [1.807, 2.05) is 0 Å². The second kappa shape index (κ2) is 17.6. The number of carbonyl (C=O) groups excluding carboxylic acids is 6. The number of nitrogens with one attached hydrogen (secondary N) is 6. The minimum Gasteiger partial charge on any atom is -0.481 e. The standard InChI is InChI=1S/C30H42N6O11/c1-14(2)10-18-27(44)34-21(13-23(40)41)29(46)36-24(16(4)37)30(47)35-20(12-22(38)39)28(45)33-19(11-17-8-6-5-7-9-17)26(43)31-15(3)25(42)32-18/h5-9,14-16,18-21,24,37H,10-13H2,1-4H3,(H,31,43)(H,32,42)(H,33,45)(H,34,44)(H,35,47)(H,36,46)(H,38,39)(H,40,41)/t15-,16-,18+,19-,20-,21-,24+/m1/s1. The fourth-order valence-electron chi connectivity index (χ4n) is 4.67. The van der Waals surface area contributed by atoms with Crippen molar-refractivity contribution >= 4 is 47.4 Å². The summed E-state index contributed by atoms with van der Waals surface area (Å²) < 4.78 is 0. The Balaban J connectivity index is 2.59. The Labute approximate surface area is 270 Å². The van der Waals surface area contributed by atoms with E-state index in [0.29, 0.717) is 5.56 Å². The van der Waals surface area contributed by atoms with E-state index < -0.39 is 103 Å². The van der Waals surface area contributed by atoms with Crippen LogP contribution in [0.5, 0.6) is 0 Å². The number of aliphatic carboxylic acids is 2. The maximum absolute atomic E-state index is 13.4. The summed E-state index contributed by atoms with van der Waals surface area (Å²) in [6.07, 6.45) is -3.62. The molecule has 6 amide bonds. The summed E-state index contributed by atoms with van der Waals surface area (Å²) in [7, 11) is 0. The Morgan fingerprint density at radius 2 is 1.09 bits per heavy atom. The lowest BCUT2D eigenvalue weighted by Gasteiger charge is -2.29. The van der Waals surface area contributed by atoms with Gasteiger partial charge >= 0.3 is 11.9 Å². The van der Waals surface area contributed by atoms with Gasteiger partial charge in [0, 0.05) is 6.42 Å². The molecule has 1 heterocycles. The van der Waals surface area contributed by atoms with E-state index in [1.165, 1.54) is 6.92 Å². The molecule has 1 aromatic carbocycles. The summed E-state index contributed by atoms with van der Waals surface area (Å²) in [6, 6.07) is -0.919. The molecule has 0 spiro atoms. The van der Waals surface area contributed by atoms with Gasteiger partial charge in [0.1, 0.15) is 36.3 Å². The number of hydrogen-bond acceptors (Lipinski definition) is 9. The monoisotopic (exact) mass is 662 g/mol. The van der Waals surface area contributed by atoms with Crippen LogP contribution in [-0.4, -0.2) is 105 Å². The van der Waals surface area contributed by atoms with Gasteiger partial charge in [0.2, 0.25) is 35.4 Å². The summed E-state index contributed by atoms with van der Waals surface area (Å²) in [5.41, 5.74) is 0.590. The molecule has 1 aromatic rings. The Morgan fingerprint density at radius 1 is 0.638 bits per heavy atom. The number of rotatable bonds is 9. The summed E-state index contributed by atoms with van der Waals surface area (Å²) in [5, 5.41) is 43.1. The molecular formula is C30H42N6O11. The van der Waals surface area contributed by atoms with Gasteiger partial charge in [-0.05, 0) is 31.7 Å². The zero-order valence-electron chi connectivity index (χ0n) is 26.4. The van der Waals surface area contributed by atoms with Crippen LogP contribution in [0.25, 0.3) is 0 Å². The molecule has 0 radical (unpaired) electrons. The fraction of sp³-hybridized carbons (Fsp3) is 0.533. The summed E-state index contributed by atoms with van der Waals surface area (Å²) >= 11 is 0. The average molecular weight is 663 g/mol. The Bertz CT molecular complexity index is 1340. The highest BCUT2D eigenvalue weighted by Gasteiger charge is 2.36. The van der Waals surface area contributed by atoms with Crippen molar-refractivity contribution in [1.82, 2.24) is 31.9 Å². The number of benzene rings is 1. The van der Waals surface area contributed by atoms with Gasteiger partial charge in [0.25, 0.3) is 0 Å². The molecule has 0 unspecified atom stereocenters. The highest BCUT2D eigenvalue weighted by molar-refractivity contribution is 5.99. The van der Waals surface area contributed by atoms with Gasteiger partial charge in [-0.3, -0.25) is 38.4 Å². The van der Waals surface area contributed by atoms with E-state index in [0.717, 1.165) is 6.92 Å². The smallest absolute Gasteiger partial charge is 0.305 e. The van der Waals surface area contributed by atoms with Crippen molar-refractivity contribution in [2.24, 2.45) is 5.92 Å². The number of carboxylic acid groups (broad SMARTS) is 2. The number of amides is 6. The van der Waals surface area contributed by atoms with Crippen LogP contribution in [0.4, 0.5) is 0 Å². The molecule has 1 saturated heterocycles. The number of aliphatic hydroxyl groups is 1. The quantitative estimate of drug-likeness (QED) is 0.134. The highest BCUT2D eigenvalue weighted by atomic mass is 16.4. The Kier molecular flexibility index (Phi) is 14.3. The van der Waals surface area contributed by atoms with Crippen LogP contribution in [0.1, 0.15) is 52.5 Å². The van der Waals surface area contributed by atoms with Crippen LogP contribution in [0.3, 0.4) is 0 Å². The van der Waals surface area contributed by atoms with Gasteiger partial charge in [0.15, 0.2) is 0 Å². The second-order valence-corrected chi connectivity index (χ2v) is 11.7. The molecule has 9 N–H and O–H groups in total. The van der Waals surface area contributed by atoms with E-state index in [9.17, 15) is 53.7 Å². The molecule has 0 saturated carbocycles. The van der Waals surface area contributed by atoms with Gasteiger partial charge in [-0.1, -0.05) is 44.2 Å². The molecule has 17 nitrogen and oxygen atoms in total. The zero-order chi connectivity index (χ0) is 35.4. The SMILES string of the molecule is CC(C)C[C@@H]1NC(=O)[C@@H](C)NC(=O)[C@@H](Cc2ccccc2)NC(=O)[C@@H](CC(=O)O)NC(=O)[C@H]([C@@H](C)O)NC(=O)[C@@H](CC(=O)O)NC1=O. The van der Waals surface area contributed by atoms with E-state index >= 15 is 0 Å². The highest BCUT2D eigenvalue weighted by Crippen LogP contribution is 2.09. The third kappa shape index (κ3) is 12.3. The number of carbonyl (C=O) groups is 8. The van der Waals surface area contributed by atoms with Crippen LogP contribution >= 0.6 is 0 Å². The molecule has 0 bridgehead atoms. The predicted octanol–water partition coefficient (Wildman–Crippen LogP) is -2.45. The van der Waals surface area contributed by atoms with Crippen molar-refractivity contribution < 1.29 is 53.7 Å². The van der Waals surface area contributed by atoms with E-state index in [1.54, 1.807) is 44.2 Å². The number of carboxylic acids is 2. The minimum absolute atomic E-state index is 0.0516. The van der Waals surface area contributed by atoms with Crippen LogP contribution < -0.4 is 31.9 Å². The Hall–Kier alpha value is -5.06.